The number of carbonyl (C=O) groups excluding carboxylic acids is 1. The molecule has 5 heteroatoms. The van der Waals surface area contributed by atoms with E-state index in [2.05, 4.69) is 11.8 Å². The quantitative estimate of drug-likeness (QED) is 0.743. The third kappa shape index (κ3) is 3.35. The first-order chi connectivity index (χ1) is 9.61. The van der Waals surface area contributed by atoms with Gasteiger partial charge in [-0.05, 0) is 31.0 Å². The number of aliphatic hydroxyl groups is 1. The van der Waals surface area contributed by atoms with Crippen LogP contribution in [0.15, 0.2) is 18.2 Å². The zero-order valence-corrected chi connectivity index (χ0v) is 11.1. The molecule has 1 aliphatic rings. The van der Waals surface area contributed by atoms with Crippen LogP contribution in [0.4, 0.5) is 4.39 Å². The van der Waals surface area contributed by atoms with E-state index in [1.165, 1.54) is 18.2 Å². The predicted octanol–water partition coefficient (Wildman–Crippen LogP) is 0.733. The SMILES string of the molecule is NCC#Cc1cc(F)ccc1C(=O)N1CCCC(O)C1. The molecule has 0 saturated carbocycles. The van der Waals surface area contributed by atoms with Gasteiger partial charge in [0.05, 0.1) is 18.2 Å². The summed E-state index contributed by atoms with van der Waals surface area (Å²) in [7, 11) is 0. The highest BCUT2D eigenvalue weighted by molar-refractivity contribution is 5.96. The van der Waals surface area contributed by atoms with Crippen molar-refractivity contribution in [3.63, 3.8) is 0 Å². The molecule has 0 aromatic heterocycles. The average Bonchev–Trinajstić information content (AvgIpc) is 2.44. The lowest BCUT2D eigenvalue weighted by atomic mass is 10.0. The fourth-order valence-electron chi connectivity index (χ4n) is 2.26. The summed E-state index contributed by atoms with van der Waals surface area (Å²) in [6.07, 6.45) is 0.969. The number of carbonyl (C=O) groups is 1. The van der Waals surface area contributed by atoms with Crippen molar-refractivity contribution in [2.24, 2.45) is 5.73 Å². The Balaban J connectivity index is 2.29. The van der Waals surface area contributed by atoms with Crippen molar-refractivity contribution >= 4 is 5.91 Å². The second-order valence-electron chi connectivity index (χ2n) is 4.74. The van der Waals surface area contributed by atoms with Gasteiger partial charge in [0.1, 0.15) is 5.82 Å². The molecule has 1 amide bonds. The van der Waals surface area contributed by atoms with Crippen LogP contribution in [0.25, 0.3) is 0 Å². The maximum absolute atomic E-state index is 13.3. The van der Waals surface area contributed by atoms with E-state index in [4.69, 9.17) is 5.73 Å². The van der Waals surface area contributed by atoms with Crippen molar-refractivity contribution < 1.29 is 14.3 Å². The number of nitrogens with two attached hydrogens (primary N) is 1. The van der Waals surface area contributed by atoms with Crippen LogP contribution in [0.2, 0.25) is 0 Å². The monoisotopic (exact) mass is 276 g/mol. The zero-order chi connectivity index (χ0) is 14.5. The Morgan fingerprint density at radius 1 is 1.55 bits per heavy atom. The molecular weight excluding hydrogens is 259 g/mol. The van der Waals surface area contributed by atoms with Crippen LogP contribution in [-0.4, -0.2) is 41.7 Å². The molecule has 1 fully saturated rings. The summed E-state index contributed by atoms with van der Waals surface area (Å²) < 4.78 is 13.3. The molecule has 2 rings (SSSR count). The van der Waals surface area contributed by atoms with Gasteiger partial charge in [-0.25, -0.2) is 4.39 Å². The fourth-order valence-corrected chi connectivity index (χ4v) is 2.26. The minimum absolute atomic E-state index is 0.145. The third-order valence-corrected chi connectivity index (χ3v) is 3.22. The highest BCUT2D eigenvalue weighted by atomic mass is 19.1. The number of likely N-dealkylation sites (tertiary alicyclic amines) is 1. The summed E-state index contributed by atoms with van der Waals surface area (Å²) in [5.74, 6) is 4.68. The van der Waals surface area contributed by atoms with Gasteiger partial charge in [-0.1, -0.05) is 11.8 Å². The number of amides is 1. The van der Waals surface area contributed by atoms with E-state index in [1.807, 2.05) is 0 Å². The van der Waals surface area contributed by atoms with E-state index in [-0.39, 0.29) is 12.5 Å². The number of hydrogen-bond acceptors (Lipinski definition) is 3. The number of piperidine rings is 1. The van der Waals surface area contributed by atoms with E-state index in [1.54, 1.807) is 4.90 Å². The van der Waals surface area contributed by atoms with Crippen molar-refractivity contribution in [1.29, 1.82) is 0 Å². The summed E-state index contributed by atoms with van der Waals surface area (Å²) in [6.45, 7) is 1.05. The molecule has 106 valence electrons. The molecular formula is C15H17FN2O2. The molecule has 1 saturated heterocycles. The summed E-state index contributed by atoms with van der Waals surface area (Å²) in [6, 6.07) is 3.90. The van der Waals surface area contributed by atoms with Gasteiger partial charge < -0.3 is 15.7 Å². The van der Waals surface area contributed by atoms with Crippen LogP contribution >= 0.6 is 0 Å². The minimum atomic E-state index is -0.494. The maximum atomic E-state index is 13.3. The van der Waals surface area contributed by atoms with E-state index in [9.17, 15) is 14.3 Å². The number of benzene rings is 1. The van der Waals surface area contributed by atoms with Crippen LogP contribution in [0.3, 0.4) is 0 Å². The topological polar surface area (TPSA) is 66.6 Å². The van der Waals surface area contributed by atoms with Crippen LogP contribution in [0.1, 0.15) is 28.8 Å². The molecule has 0 spiro atoms. The lowest BCUT2D eigenvalue weighted by molar-refractivity contribution is 0.0473. The van der Waals surface area contributed by atoms with Gasteiger partial charge in [0.25, 0.3) is 5.91 Å². The minimum Gasteiger partial charge on any atom is -0.391 e. The summed E-state index contributed by atoms with van der Waals surface area (Å²) in [4.78, 5) is 14.0. The average molecular weight is 276 g/mol. The van der Waals surface area contributed by atoms with Gasteiger partial charge in [0.2, 0.25) is 0 Å². The number of hydrogen-bond donors (Lipinski definition) is 2. The van der Waals surface area contributed by atoms with Gasteiger partial charge in [-0.15, -0.1) is 0 Å². The second kappa shape index (κ2) is 6.51. The van der Waals surface area contributed by atoms with Crippen molar-refractivity contribution in [1.82, 2.24) is 4.90 Å². The summed E-state index contributed by atoms with van der Waals surface area (Å²) >= 11 is 0. The van der Waals surface area contributed by atoms with E-state index < -0.39 is 11.9 Å². The molecule has 4 nitrogen and oxygen atoms in total. The van der Waals surface area contributed by atoms with Crippen molar-refractivity contribution in [2.45, 2.75) is 18.9 Å². The van der Waals surface area contributed by atoms with E-state index in [0.717, 1.165) is 6.42 Å². The molecule has 0 bridgehead atoms. The number of aliphatic hydroxyl groups excluding tert-OH is 1. The first-order valence-electron chi connectivity index (χ1n) is 6.57. The fraction of sp³-hybridized carbons (Fsp3) is 0.400. The number of nitrogens with zero attached hydrogens (tertiary/aromatic N) is 1. The standard InChI is InChI=1S/C15H17FN2O2/c16-12-5-6-14(11(9-12)3-1-7-17)15(20)18-8-2-4-13(19)10-18/h5-6,9,13,19H,2,4,7-8,10,17H2. The second-order valence-corrected chi connectivity index (χ2v) is 4.74. The Hall–Kier alpha value is -1.90. The lowest BCUT2D eigenvalue weighted by Gasteiger charge is -2.30. The first-order valence-corrected chi connectivity index (χ1v) is 6.57. The van der Waals surface area contributed by atoms with Gasteiger partial charge in [0.15, 0.2) is 0 Å². The zero-order valence-electron chi connectivity index (χ0n) is 11.1. The van der Waals surface area contributed by atoms with Crippen LogP contribution in [0, 0.1) is 17.7 Å². The Morgan fingerprint density at radius 3 is 3.05 bits per heavy atom. The summed E-state index contributed by atoms with van der Waals surface area (Å²) in [5, 5.41) is 9.63. The Bertz CT molecular complexity index is 563. The molecule has 0 radical (unpaired) electrons. The molecule has 0 aliphatic carbocycles. The predicted molar refractivity (Wildman–Crippen MR) is 73.5 cm³/mol. The van der Waals surface area contributed by atoms with Crippen LogP contribution < -0.4 is 5.73 Å². The van der Waals surface area contributed by atoms with Crippen molar-refractivity contribution in [3.8, 4) is 11.8 Å². The molecule has 1 heterocycles. The smallest absolute Gasteiger partial charge is 0.255 e. The van der Waals surface area contributed by atoms with Gasteiger partial charge in [-0.2, -0.15) is 0 Å². The number of rotatable bonds is 1. The van der Waals surface area contributed by atoms with Crippen LogP contribution in [-0.2, 0) is 0 Å². The van der Waals surface area contributed by atoms with E-state index >= 15 is 0 Å². The normalized spacial score (nSPS) is 18.4. The molecule has 1 aliphatic heterocycles. The Kier molecular flexibility index (Phi) is 4.72. The maximum Gasteiger partial charge on any atom is 0.255 e. The van der Waals surface area contributed by atoms with Crippen molar-refractivity contribution in [2.75, 3.05) is 19.6 Å². The Labute approximate surface area is 117 Å². The molecule has 1 aromatic carbocycles. The summed E-state index contributed by atoms with van der Waals surface area (Å²) in [5.41, 5.74) is 5.99. The lowest BCUT2D eigenvalue weighted by Crippen LogP contribution is -2.42. The number of halogens is 1. The van der Waals surface area contributed by atoms with Gasteiger partial charge >= 0.3 is 0 Å². The van der Waals surface area contributed by atoms with Crippen LogP contribution in [0.5, 0.6) is 0 Å². The van der Waals surface area contributed by atoms with E-state index in [0.29, 0.717) is 30.6 Å². The Morgan fingerprint density at radius 2 is 2.35 bits per heavy atom. The molecule has 1 atom stereocenters. The largest absolute Gasteiger partial charge is 0.391 e. The highest BCUT2D eigenvalue weighted by Gasteiger charge is 2.24. The number of β-amino-alcohol motifs (C(OH)–C–C–N with tert-alkyl or cyclic N) is 1. The highest BCUT2D eigenvalue weighted by Crippen LogP contribution is 2.17. The first kappa shape index (κ1) is 14.5. The third-order valence-electron chi connectivity index (χ3n) is 3.22. The molecule has 3 N–H and O–H groups in total. The van der Waals surface area contributed by atoms with Crippen molar-refractivity contribution in [3.05, 3.63) is 35.1 Å². The molecule has 1 unspecified atom stereocenters. The van der Waals surface area contributed by atoms with Gasteiger partial charge in [0, 0.05) is 18.7 Å². The molecule has 20 heavy (non-hydrogen) atoms. The van der Waals surface area contributed by atoms with Gasteiger partial charge in [-0.3, -0.25) is 4.79 Å². The molecule has 1 aromatic rings.